The SMILES string of the molecule is C=C(CCC(=O)OC(C)(C)C)[P+](c1ccccc1)(c1ccccc1)c1ccccc1.F[P-](F)(F)(F)(F)F. The number of benzene rings is 3. The van der Waals surface area contributed by atoms with Gasteiger partial charge in [-0.3, -0.25) is 4.79 Å². The van der Waals surface area contributed by atoms with Gasteiger partial charge in [0, 0.05) is 6.42 Å². The summed E-state index contributed by atoms with van der Waals surface area (Å²) in [6.07, 6.45) is 0.908. The van der Waals surface area contributed by atoms with E-state index in [0.29, 0.717) is 12.8 Å². The molecule has 0 spiro atoms. The molecule has 0 amide bonds. The fourth-order valence-electron chi connectivity index (χ4n) is 3.76. The third kappa shape index (κ3) is 10.7. The van der Waals surface area contributed by atoms with Gasteiger partial charge in [-0.05, 0) is 57.2 Å². The van der Waals surface area contributed by atoms with E-state index in [1.165, 1.54) is 15.9 Å². The summed E-state index contributed by atoms with van der Waals surface area (Å²) in [6, 6.07) is 31.7. The van der Waals surface area contributed by atoms with Crippen LogP contribution in [0.25, 0.3) is 0 Å². The van der Waals surface area contributed by atoms with Crippen LogP contribution in [0.3, 0.4) is 0 Å². The van der Waals surface area contributed by atoms with E-state index in [1.807, 2.05) is 39.0 Å². The molecule has 0 aliphatic carbocycles. The van der Waals surface area contributed by atoms with Crippen molar-refractivity contribution in [1.82, 2.24) is 0 Å². The summed E-state index contributed by atoms with van der Waals surface area (Å²) in [7, 11) is -12.8. The molecule has 10 heteroatoms. The number of carbonyl (C=O) groups is 1. The molecule has 0 fully saturated rings. The van der Waals surface area contributed by atoms with Crippen molar-refractivity contribution in [2.45, 2.75) is 39.2 Å². The third-order valence-electron chi connectivity index (χ3n) is 4.94. The molecule has 0 saturated carbocycles. The van der Waals surface area contributed by atoms with Gasteiger partial charge < -0.3 is 4.74 Å². The average molecular weight is 562 g/mol. The molecular weight excluding hydrogens is 532 g/mol. The van der Waals surface area contributed by atoms with Gasteiger partial charge in [-0.25, -0.2) is 0 Å². The van der Waals surface area contributed by atoms with Crippen molar-refractivity contribution >= 4 is 37.0 Å². The summed E-state index contributed by atoms with van der Waals surface area (Å²) in [5, 5.41) is 4.82. The first-order valence-corrected chi connectivity index (χ1v) is 15.1. The first-order chi connectivity index (χ1) is 16.8. The Kier molecular flexibility index (Phi) is 8.74. The molecular formula is C27H30F6O2P2. The summed E-state index contributed by atoms with van der Waals surface area (Å²) >= 11 is 0. The van der Waals surface area contributed by atoms with E-state index in [4.69, 9.17) is 4.74 Å². The van der Waals surface area contributed by atoms with Gasteiger partial charge in [-0.2, -0.15) is 0 Å². The zero-order chi connectivity index (χ0) is 28.0. The minimum atomic E-state index is -10.7. The summed E-state index contributed by atoms with van der Waals surface area (Å²) in [5.41, 5.74) is -0.483. The predicted molar refractivity (Wildman–Crippen MR) is 143 cm³/mol. The Morgan fingerprint density at radius 2 is 1.00 bits per heavy atom. The fourth-order valence-corrected chi connectivity index (χ4v) is 8.05. The monoisotopic (exact) mass is 562 g/mol. The van der Waals surface area contributed by atoms with Crippen molar-refractivity contribution < 1.29 is 34.7 Å². The van der Waals surface area contributed by atoms with Gasteiger partial charge in [0.2, 0.25) is 0 Å². The van der Waals surface area contributed by atoms with Crippen molar-refractivity contribution in [3.05, 3.63) is 103 Å². The average Bonchev–Trinajstić information content (AvgIpc) is 2.77. The quantitative estimate of drug-likeness (QED) is 0.163. The molecule has 37 heavy (non-hydrogen) atoms. The standard InChI is InChI=1S/C27H30O2P.F6P/c1-22(20-21-26(28)29-27(2,3)4)30(23-14-8-5-9-15-23,24-16-10-6-11-17-24)25-18-12-7-13-19-25;1-7(2,3,4,5)6/h5-19H,1,20-21H2,2-4H3;/q+1;-1. The van der Waals surface area contributed by atoms with Crippen LogP contribution in [0.15, 0.2) is 103 Å². The van der Waals surface area contributed by atoms with Crippen LogP contribution in [0.4, 0.5) is 25.2 Å². The normalized spacial score (nSPS) is 13.9. The van der Waals surface area contributed by atoms with Gasteiger partial charge in [0.25, 0.3) is 0 Å². The van der Waals surface area contributed by atoms with Crippen molar-refractivity contribution in [3.8, 4) is 0 Å². The Balaban J connectivity index is 0.000000604. The maximum absolute atomic E-state index is 12.4. The molecule has 3 aromatic carbocycles. The van der Waals surface area contributed by atoms with E-state index >= 15 is 0 Å². The second kappa shape index (κ2) is 10.6. The Morgan fingerprint density at radius 3 is 1.27 bits per heavy atom. The molecule has 0 aromatic heterocycles. The van der Waals surface area contributed by atoms with Crippen molar-refractivity contribution in [2.24, 2.45) is 0 Å². The van der Waals surface area contributed by atoms with E-state index in [2.05, 4.69) is 79.4 Å². The van der Waals surface area contributed by atoms with Crippen LogP contribution in [0.1, 0.15) is 33.6 Å². The molecule has 3 rings (SSSR count). The summed E-state index contributed by atoms with van der Waals surface area (Å²) < 4.78 is 64.7. The Morgan fingerprint density at radius 1 is 0.703 bits per heavy atom. The van der Waals surface area contributed by atoms with Crippen molar-refractivity contribution in [2.75, 3.05) is 0 Å². The first kappa shape index (κ1) is 30.5. The summed E-state index contributed by atoms with van der Waals surface area (Å²) in [4.78, 5) is 12.4. The first-order valence-electron chi connectivity index (χ1n) is 11.3. The van der Waals surface area contributed by atoms with Gasteiger partial charge in [0.15, 0.2) is 0 Å². The topological polar surface area (TPSA) is 26.3 Å². The van der Waals surface area contributed by atoms with Gasteiger partial charge >= 0.3 is 39.0 Å². The molecule has 0 aliphatic rings. The van der Waals surface area contributed by atoms with Gasteiger partial charge in [0.1, 0.15) is 28.8 Å². The number of ether oxygens (including phenoxy) is 1. The van der Waals surface area contributed by atoms with E-state index in [-0.39, 0.29) is 5.97 Å². The van der Waals surface area contributed by atoms with Crippen LogP contribution in [0, 0.1) is 0 Å². The van der Waals surface area contributed by atoms with Gasteiger partial charge in [0.05, 0.1) is 11.7 Å². The van der Waals surface area contributed by atoms with E-state index < -0.39 is 20.7 Å². The number of rotatable bonds is 7. The molecule has 0 heterocycles. The Bertz CT molecular complexity index is 1080. The number of carbonyl (C=O) groups excluding carboxylic acids is 1. The molecule has 0 N–H and O–H groups in total. The number of halogens is 6. The zero-order valence-electron chi connectivity index (χ0n) is 20.8. The van der Waals surface area contributed by atoms with Crippen LogP contribution >= 0.6 is 15.1 Å². The Hall–Kier alpha value is -2.69. The molecule has 202 valence electrons. The number of allylic oxidation sites excluding steroid dienone is 1. The van der Waals surface area contributed by atoms with E-state index in [9.17, 15) is 30.0 Å². The molecule has 3 aromatic rings. The second-order valence-corrected chi connectivity index (χ2v) is 14.7. The molecule has 0 bridgehead atoms. The van der Waals surface area contributed by atoms with Crippen molar-refractivity contribution in [3.63, 3.8) is 0 Å². The van der Waals surface area contributed by atoms with E-state index in [0.717, 1.165) is 5.31 Å². The number of esters is 1. The van der Waals surface area contributed by atoms with Crippen LogP contribution in [0.5, 0.6) is 0 Å². The Labute approximate surface area is 213 Å². The summed E-state index contributed by atoms with van der Waals surface area (Å²) in [5.74, 6) is -0.184. The van der Waals surface area contributed by atoms with E-state index in [1.54, 1.807) is 0 Å². The minimum absolute atomic E-state index is 0.184. The predicted octanol–water partition coefficient (Wildman–Crippen LogP) is 9.00. The molecule has 0 unspecified atom stereocenters. The van der Waals surface area contributed by atoms with Crippen LogP contribution in [-0.4, -0.2) is 11.6 Å². The fraction of sp³-hybridized carbons (Fsp3) is 0.222. The van der Waals surface area contributed by atoms with Crippen LogP contribution < -0.4 is 15.9 Å². The number of hydrogen-bond acceptors (Lipinski definition) is 2. The molecule has 0 aliphatic heterocycles. The molecule has 0 atom stereocenters. The third-order valence-corrected chi connectivity index (χ3v) is 9.33. The molecule has 0 radical (unpaired) electrons. The van der Waals surface area contributed by atoms with Crippen LogP contribution in [-0.2, 0) is 9.53 Å². The summed E-state index contributed by atoms with van der Waals surface area (Å²) in [6.45, 7) is 10.3. The number of hydrogen-bond donors (Lipinski definition) is 0. The van der Waals surface area contributed by atoms with Crippen molar-refractivity contribution in [1.29, 1.82) is 0 Å². The zero-order valence-corrected chi connectivity index (χ0v) is 22.5. The van der Waals surface area contributed by atoms with Gasteiger partial charge in [-0.1, -0.05) is 61.2 Å². The van der Waals surface area contributed by atoms with Gasteiger partial charge in [-0.15, -0.1) is 0 Å². The second-order valence-electron chi connectivity index (χ2n) is 9.29. The van der Waals surface area contributed by atoms with Crippen LogP contribution in [0.2, 0.25) is 0 Å². The molecule has 2 nitrogen and oxygen atoms in total. The maximum atomic E-state index is 12.4. The molecule has 0 saturated heterocycles.